The highest BCUT2D eigenvalue weighted by molar-refractivity contribution is 5.77. The maximum absolute atomic E-state index is 12.0. The van der Waals surface area contributed by atoms with Crippen molar-refractivity contribution < 1.29 is 14.6 Å². The van der Waals surface area contributed by atoms with Gasteiger partial charge in [0.15, 0.2) is 0 Å². The first-order valence-corrected chi connectivity index (χ1v) is 8.19. The number of hydrogen-bond acceptors (Lipinski definition) is 4. The van der Waals surface area contributed by atoms with Gasteiger partial charge in [0.05, 0.1) is 18.6 Å². The smallest absolute Gasteiger partial charge is 0.223 e. The summed E-state index contributed by atoms with van der Waals surface area (Å²) in [6, 6.07) is 3.73. The fourth-order valence-electron chi connectivity index (χ4n) is 2.77. The molecular weight excluding hydrogens is 280 g/mol. The zero-order valence-corrected chi connectivity index (χ0v) is 13.3. The third-order valence-corrected chi connectivity index (χ3v) is 4.09. The van der Waals surface area contributed by atoms with E-state index in [1.165, 1.54) is 0 Å². The number of amides is 1. The molecule has 122 valence electrons. The number of carbonyl (C=O) groups is 1. The van der Waals surface area contributed by atoms with E-state index < -0.39 is 5.60 Å². The lowest BCUT2D eigenvalue weighted by Crippen LogP contribution is -2.34. The molecule has 0 atom stereocenters. The molecule has 2 rings (SSSR count). The summed E-state index contributed by atoms with van der Waals surface area (Å²) < 4.78 is 5.65. The third-order valence-electron chi connectivity index (χ3n) is 4.09. The van der Waals surface area contributed by atoms with Crippen molar-refractivity contribution in [3.8, 4) is 5.88 Å². The van der Waals surface area contributed by atoms with Crippen LogP contribution < -0.4 is 10.1 Å². The van der Waals surface area contributed by atoms with Crippen LogP contribution in [0, 0.1) is 0 Å². The fourth-order valence-corrected chi connectivity index (χ4v) is 2.77. The molecule has 1 aliphatic carbocycles. The van der Waals surface area contributed by atoms with Crippen LogP contribution >= 0.6 is 0 Å². The summed E-state index contributed by atoms with van der Waals surface area (Å²) in [5.74, 6) is 0.462. The minimum atomic E-state index is -0.806. The van der Waals surface area contributed by atoms with Gasteiger partial charge in [0.2, 0.25) is 11.8 Å². The molecule has 5 nitrogen and oxygen atoms in total. The van der Waals surface area contributed by atoms with Crippen LogP contribution in [-0.4, -0.2) is 28.2 Å². The lowest BCUT2D eigenvalue weighted by molar-refractivity contribution is -0.126. The molecule has 0 radical (unpaired) electrons. The van der Waals surface area contributed by atoms with Crippen LogP contribution in [-0.2, 0) is 11.3 Å². The van der Waals surface area contributed by atoms with E-state index in [0.29, 0.717) is 19.0 Å². The zero-order chi connectivity index (χ0) is 15.8. The minimum absolute atomic E-state index is 0.118. The quantitative estimate of drug-likeness (QED) is 0.724. The number of ether oxygens (including phenoxy) is 1. The topological polar surface area (TPSA) is 71.5 Å². The molecule has 1 aliphatic rings. The second-order valence-electron chi connectivity index (χ2n) is 6.05. The summed E-state index contributed by atoms with van der Waals surface area (Å²) >= 11 is 0. The minimum Gasteiger partial charge on any atom is -0.477 e. The van der Waals surface area contributed by atoms with Crippen molar-refractivity contribution in [2.24, 2.45) is 0 Å². The van der Waals surface area contributed by atoms with Gasteiger partial charge in [-0.15, -0.1) is 0 Å². The molecule has 1 heterocycles. The number of aromatic nitrogens is 1. The van der Waals surface area contributed by atoms with E-state index in [0.717, 1.165) is 44.1 Å². The number of aliphatic hydroxyl groups is 1. The molecule has 0 aromatic carbocycles. The Morgan fingerprint density at radius 2 is 2.23 bits per heavy atom. The number of rotatable bonds is 8. The summed E-state index contributed by atoms with van der Waals surface area (Å²) in [6.07, 6.45) is 7.36. The van der Waals surface area contributed by atoms with Crippen molar-refractivity contribution in [1.82, 2.24) is 10.3 Å². The van der Waals surface area contributed by atoms with Gasteiger partial charge in [0.25, 0.3) is 0 Å². The van der Waals surface area contributed by atoms with E-state index in [1.807, 2.05) is 12.1 Å². The number of pyridine rings is 1. The SMILES string of the molecule is CCCCOc1ncccc1CNC(=O)CC1(O)CCCC1. The van der Waals surface area contributed by atoms with Gasteiger partial charge in [-0.25, -0.2) is 4.98 Å². The normalized spacial score (nSPS) is 16.5. The predicted molar refractivity (Wildman–Crippen MR) is 84.5 cm³/mol. The van der Waals surface area contributed by atoms with Crippen molar-refractivity contribution in [3.05, 3.63) is 23.9 Å². The summed E-state index contributed by atoms with van der Waals surface area (Å²) in [4.78, 5) is 16.2. The number of unbranched alkanes of at least 4 members (excludes halogenated alkanes) is 1. The van der Waals surface area contributed by atoms with E-state index in [9.17, 15) is 9.90 Å². The lowest BCUT2D eigenvalue weighted by atomic mass is 9.98. The van der Waals surface area contributed by atoms with Gasteiger partial charge in [-0.05, 0) is 25.3 Å². The van der Waals surface area contributed by atoms with Gasteiger partial charge >= 0.3 is 0 Å². The standard InChI is InChI=1S/C17H26N2O3/c1-2-3-11-22-16-14(7-6-10-18-16)13-19-15(20)12-17(21)8-4-5-9-17/h6-7,10,21H,2-5,8-9,11-13H2,1H3,(H,19,20). The molecule has 1 fully saturated rings. The molecule has 1 aromatic rings. The second-order valence-corrected chi connectivity index (χ2v) is 6.05. The lowest BCUT2D eigenvalue weighted by Gasteiger charge is -2.21. The molecule has 0 bridgehead atoms. The average Bonchev–Trinajstić information content (AvgIpc) is 2.93. The van der Waals surface area contributed by atoms with Gasteiger partial charge in [0.1, 0.15) is 0 Å². The Bertz CT molecular complexity index is 485. The molecule has 22 heavy (non-hydrogen) atoms. The molecule has 1 saturated carbocycles. The first-order valence-electron chi connectivity index (χ1n) is 8.19. The summed E-state index contributed by atoms with van der Waals surface area (Å²) in [7, 11) is 0. The number of carbonyl (C=O) groups excluding carboxylic acids is 1. The Morgan fingerprint density at radius 3 is 2.95 bits per heavy atom. The van der Waals surface area contributed by atoms with Crippen LogP contribution in [0.25, 0.3) is 0 Å². The molecule has 0 aliphatic heterocycles. The highest BCUT2D eigenvalue weighted by Gasteiger charge is 2.33. The van der Waals surface area contributed by atoms with Crippen LogP contribution in [0.2, 0.25) is 0 Å². The summed E-state index contributed by atoms with van der Waals surface area (Å²) in [5, 5.41) is 13.1. The highest BCUT2D eigenvalue weighted by atomic mass is 16.5. The number of nitrogens with zero attached hydrogens (tertiary/aromatic N) is 1. The van der Waals surface area contributed by atoms with Crippen LogP contribution in [0.3, 0.4) is 0 Å². The van der Waals surface area contributed by atoms with E-state index in [2.05, 4.69) is 17.2 Å². The van der Waals surface area contributed by atoms with Gasteiger partial charge in [-0.2, -0.15) is 0 Å². The van der Waals surface area contributed by atoms with E-state index in [-0.39, 0.29) is 12.3 Å². The van der Waals surface area contributed by atoms with Crippen LogP contribution in [0.15, 0.2) is 18.3 Å². The van der Waals surface area contributed by atoms with Gasteiger partial charge in [-0.3, -0.25) is 4.79 Å². The molecular formula is C17H26N2O3. The van der Waals surface area contributed by atoms with Gasteiger partial charge in [0, 0.05) is 18.3 Å². The first-order chi connectivity index (χ1) is 10.6. The molecule has 5 heteroatoms. The first kappa shape index (κ1) is 16.7. The summed E-state index contributed by atoms with van der Waals surface area (Å²) in [6.45, 7) is 3.12. The molecule has 0 spiro atoms. The van der Waals surface area contributed by atoms with E-state index >= 15 is 0 Å². The fraction of sp³-hybridized carbons (Fsp3) is 0.647. The van der Waals surface area contributed by atoms with Crippen LogP contribution in [0.4, 0.5) is 0 Å². The molecule has 0 saturated heterocycles. The Morgan fingerprint density at radius 1 is 1.45 bits per heavy atom. The zero-order valence-electron chi connectivity index (χ0n) is 13.3. The van der Waals surface area contributed by atoms with Crippen molar-refractivity contribution >= 4 is 5.91 Å². The monoisotopic (exact) mass is 306 g/mol. The van der Waals surface area contributed by atoms with E-state index in [1.54, 1.807) is 6.20 Å². The Kier molecular flexibility index (Phi) is 6.19. The Labute approximate surface area is 132 Å². The highest BCUT2D eigenvalue weighted by Crippen LogP contribution is 2.32. The van der Waals surface area contributed by atoms with E-state index in [4.69, 9.17) is 4.74 Å². The predicted octanol–water partition coefficient (Wildman–Crippen LogP) is 2.57. The van der Waals surface area contributed by atoms with Crippen molar-refractivity contribution in [3.63, 3.8) is 0 Å². The van der Waals surface area contributed by atoms with Gasteiger partial charge < -0.3 is 15.2 Å². The van der Waals surface area contributed by atoms with Crippen molar-refractivity contribution in [1.29, 1.82) is 0 Å². The maximum Gasteiger partial charge on any atom is 0.223 e. The molecule has 0 unspecified atom stereocenters. The van der Waals surface area contributed by atoms with Gasteiger partial charge in [-0.1, -0.05) is 32.3 Å². The third kappa shape index (κ3) is 4.98. The maximum atomic E-state index is 12.0. The van der Waals surface area contributed by atoms with Crippen LogP contribution in [0.5, 0.6) is 5.88 Å². The number of nitrogens with one attached hydrogen (secondary N) is 1. The second kappa shape index (κ2) is 8.13. The summed E-state index contributed by atoms with van der Waals surface area (Å²) in [5.41, 5.74) is 0.0600. The largest absolute Gasteiger partial charge is 0.477 e. The molecule has 2 N–H and O–H groups in total. The average molecular weight is 306 g/mol. The molecule has 1 amide bonds. The Hall–Kier alpha value is -1.62. The van der Waals surface area contributed by atoms with Crippen molar-refractivity contribution in [2.45, 2.75) is 64.0 Å². The van der Waals surface area contributed by atoms with Crippen LogP contribution in [0.1, 0.15) is 57.4 Å². The number of hydrogen-bond donors (Lipinski definition) is 2. The molecule has 1 aromatic heterocycles. The Balaban J connectivity index is 1.84. The van der Waals surface area contributed by atoms with Crippen molar-refractivity contribution in [2.75, 3.05) is 6.61 Å².